The summed E-state index contributed by atoms with van der Waals surface area (Å²) in [5.74, 6) is 0. The van der Waals surface area contributed by atoms with Crippen LogP contribution in [0.3, 0.4) is 0 Å². The molecule has 1 aliphatic carbocycles. The zero-order valence-electron chi connectivity index (χ0n) is 20.3. The molecule has 2 nitrogen and oxygen atoms in total. The lowest BCUT2D eigenvalue weighted by molar-refractivity contribution is -0.00853. The number of rotatable bonds is 3. The minimum atomic E-state index is -0.478. The minimum absolute atomic E-state index is 0.388. The van der Waals surface area contributed by atoms with E-state index in [-0.39, 0.29) is 7.12 Å². The van der Waals surface area contributed by atoms with Crippen LogP contribution in [-0.4, -0.2) is 18.3 Å². The van der Waals surface area contributed by atoms with Crippen molar-refractivity contribution in [1.29, 1.82) is 0 Å². The Hall–Kier alpha value is -3.40. The third-order valence-electron chi connectivity index (χ3n) is 8.25. The summed E-state index contributed by atoms with van der Waals surface area (Å²) in [5.41, 5.74) is 6.76. The van der Waals surface area contributed by atoms with E-state index in [1.807, 2.05) is 0 Å². The standard InChI is InChI=1S/C32H27BO2/c1-31(2)32(3,35-33(34-31)24-17-15-21-9-4-5-10-22(21)19-24)20-23-16-18-29-27-12-7-6-11-26(27)28-14-8-13-25(23)30(28)29/h4-19H,20H2,1-3H3. The fourth-order valence-corrected chi connectivity index (χ4v) is 5.93. The fourth-order valence-electron chi connectivity index (χ4n) is 5.93. The Morgan fingerprint density at radius 3 is 2.11 bits per heavy atom. The van der Waals surface area contributed by atoms with Gasteiger partial charge in [0.1, 0.15) is 0 Å². The van der Waals surface area contributed by atoms with Crippen LogP contribution in [0.5, 0.6) is 0 Å². The van der Waals surface area contributed by atoms with E-state index in [0.717, 1.165) is 11.9 Å². The molecule has 0 radical (unpaired) electrons. The van der Waals surface area contributed by atoms with Crippen LogP contribution in [0.2, 0.25) is 0 Å². The lowest BCUT2D eigenvalue weighted by Gasteiger charge is -2.37. The van der Waals surface area contributed by atoms with Gasteiger partial charge < -0.3 is 9.31 Å². The molecular weight excluding hydrogens is 427 g/mol. The van der Waals surface area contributed by atoms with E-state index >= 15 is 0 Å². The molecule has 0 saturated carbocycles. The molecule has 1 saturated heterocycles. The van der Waals surface area contributed by atoms with E-state index in [9.17, 15) is 0 Å². The third kappa shape index (κ3) is 3.05. The van der Waals surface area contributed by atoms with E-state index in [1.54, 1.807) is 0 Å². The van der Waals surface area contributed by atoms with Gasteiger partial charge in [-0.2, -0.15) is 0 Å². The van der Waals surface area contributed by atoms with Gasteiger partial charge in [0, 0.05) is 6.42 Å². The monoisotopic (exact) mass is 454 g/mol. The maximum Gasteiger partial charge on any atom is 0.494 e. The van der Waals surface area contributed by atoms with Crippen LogP contribution in [0.15, 0.2) is 97.1 Å². The fraction of sp³-hybridized carbons (Fsp3) is 0.188. The van der Waals surface area contributed by atoms with E-state index in [0.29, 0.717) is 0 Å². The molecule has 2 aliphatic rings. The Labute approximate surface area is 206 Å². The second-order valence-electron chi connectivity index (χ2n) is 10.6. The maximum absolute atomic E-state index is 6.77. The Bertz CT molecular complexity index is 1610. The van der Waals surface area contributed by atoms with Crippen molar-refractivity contribution in [3.05, 3.63) is 103 Å². The molecule has 35 heavy (non-hydrogen) atoms. The molecule has 1 heterocycles. The molecule has 1 atom stereocenters. The topological polar surface area (TPSA) is 18.5 Å². The number of fused-ring (bicyclic) bond motifs is 4. The molecule has 7 rings (SSSR count). The average Bonchev–Trinajstić information content (AvgIpc) is 3.32. The average molecular weight is 454 g/mol. The summed E-state index contributed by atoms with van der Waals surface area (Å²) < 4.78 is 13.3. The van der Waals surface area contributed by atoms with Gasteiger partial charge in [-0.15, -0.1) is 0 Å². The Morgan fingerprint density at radius 1 is 0.629 bits per heavy atom. The molecule has 0 aromatic heterocycles. The molecule has 3 heteroatoms. The predicted octanol–water partition coefficient (Wildman–Crippen LogP) is 7.16. The highest BCUT2D eigenvalue weighted by molar-refractivity contribution is 6.62. The van der Waals surface area contributed by atoms with Crippen molar-refractivity contribution in [3.63, 3.8) is 0 Å². The zero-order chi connectivity index (χ0) is 23.8. The van der Waals surface area contributed by atoms with Gasteiger partial charge in [0.2, 0.25) is 0 Å². The van der Waals surface area contributed by atoms with Crippen LogP contribution in [-0.2, 0) is 15.7 Å². The highest BCUT2D eigenvalue weighted by atomic mass is 16.7. The predicted molar refractivity (Wildman–Crippen MR) is 146 cm³/mol. The highest BCUT2D eigenvalue weighted by Crippen LogP contribution is 2.49. The highest BCUT2D eigenvalue weighted by Gasteiger charge is 2.54. The van der Waals surface area contributed by atoms with E-state index in [2.05, 4.69) is 118 Å². The Balaban J connectivity index is 1.27. The summed E-state index contributed by atoms with van der Waals surface area (Å²) in [4.78, 5) is 0. The molecule has 0 amide bonds. The lowest BCUT2D eigenvalue weighted by Crippen LogP contribution is -2.46. The molecule has 0 bridgehead atoms. The summed E-state index contributed by atoms with van der Waals surface area (Å²) in [6, 6.07) is 34.9. The SMILES string of the molecule is CC1(C)OB(c2ccc3ccccc3c2)OC1(C)Cc1ccc2c3c(cccc13)-c1ccccc1-2. The van der Waals surface area contributed by atoms with Crippen LogP contribution in [0, 0.1) is 0 Å². The normalized spacial score (nSPS) is 20.0. The number of hydrogen-bond donors (Lipinski definition) is 0. The Kier molecular flexibility index (Phi) is 4.37. The molecule has 5 aromatic carbocycles. The first kappa shape index (κ1) is 20.9. The van der Waals surface area contributed by atoms with Crippen molar-refractivity contribution in [2.45, 2.75) is 38.4 Å². The lowest BCUT2D eigenvalue weighted by atomic mass is 9.78. The van der Waals surface area contributed by atoms with Gasteiger partial charge in [-0.3, -0.25) is 0 Å². The number of benzene rings is 5. The molecular formula is C32H27BO2. The van der Waals surface area contributed by atoms with E-state index < -0.39 is 11.2 Å². The first-order valence-electron chi connectivity index (χ1n) is 12.4. The molecule has 5 aromatic rings. The van der Waals surface area contributed by atoms with Crippen molar-refractivity contribution in [1.82, 2.24) is 0 Å². The van der Waals surface area contributed by atoms with Crippen molar-refractivity contribution in [2.24, 2.45) is 0 Å². The number of hydrogen-bond acceptors (Lipinski definition) is 2. The van der Waals surface area contributed by atoms with Gasteiger partial charge in [-0.1, -0.05) is 97.1 Å². The van der Waals surface area contributed by atoms with Crippen LogP contribution >= 0.6 is 0 Å². The van der Waals surface area contributed by atoms with Crippen LogP contribution in [0.1, 0.15) is 26.3 Å². The van der Waals surface area contributed by atoms with Gasteiger partial charge in [-0.05, 0) is 75.6 Å². The van der Waals surface area contributed by atoms with Crippen molar-refractivity contribution < 1.29 is 9.31 Å². The van der Waals surface area contributed by atoms with Gasteiger partial charge in [0.05, 0.1) is 11.2 Å². The first-order chi connectivity index (χ1) is 16.9. The molecule has 0 N–H and O–H groups in total. The molecule has 1 fully saturated rings. The molecule has 170 valence electrons. The van der Waals surface area contributed by atoms with E-state index in [1.165, 1.54) is 49.4 Å². The maximum atomic E-state index is 6.77. The second-order valence-corrected chi connectivity index (χ2v) is 10.6. The first-order valence-corrected chi connectivity index (χ1v) is 12.4. The third-order valence-corrected chi connectivity index (χ3v) is 8.25. The van der Waals surface area contributed by atoms with Gasteiger partial charge in [0.25, 0.3) is 0 Å². The van der Waals surface area contributed by atoms with Gasteiger partial charge in [-0.25, -0.2) is 0 Å². The Morgan fingerprint density at radius 2 is 1.31 bits per heavy atom. The van der Waals surface area contributed by atoms with Gasteiger partial charge in [0.15, 0.2) is 0 Å². The van der Waals surface area contributed by atoms with Crippen molar-refractivity contribution in [3.8, 4) is 22.3 Å². The summed E-state index contributed by atoms with van der Waals surface area (Å²) in [5, 5.41) is 5.10. The smallest absolute Gasteiger partial charge is 0.399 e. The minimum Gasteiger partial charge on any atom is -0.399 e. The quantitative estimate of drug-likeness (QED) is 0.264. The van der Waals surface area contributed by atoms with E-state index in [4.69, 9.17) is 9.31 Å². The largest absolute Gasteiger partial charge is 0.494 e. The van der Waals surface area contributed by atoms with Crippen molar-refractivity contribution in [2.75, 3.05) is 0 Å². The zero-order valence-corrected chi connectivity index (χ0v) is 20.3. The summed E-state index contributed by atoms with van der Waals surface area (Å²) >= 11 is 0. The molecule has 1 unspecified atom stereocenters. The van der Waals surface area contributed by atoms with Crippen LogP contribution < -0.4 is 5.46 Å². The van der Waals surface area contributed by atoms with Gasteiger partial charge >= 0.3 is 7.12 Å². The summed E-state index contributed by atoms with van der Waals surface area (Å²) in [6.45, 7) is 6.51. The summed E-state index contributed by atoms with van der Waals surface area (Å²) in [6.07, 6.45) is 0.778. The van der Waals surface area contributed by atoms with Crippen molar-refractivity contribution >= 4 is 34.1 Å². The molecule has 0 spiro atoms. The second kappa shape index (κ2) is 7.30. The summed E-state index contributed by atoms with van der Waals surface area (Å²) in [7, 11) is -0.388. The molecule has 1 aliphatic heterocycles. The van der Waals surface area contributed by atoms with Crippen LogP contribution in [0.4, 0.5) is 0 Å². The van der Waals surface area contributed by atoms with Crippen LogP contribution in [0.25, 0.3) is 43.8 Å².